The summed E-state index contributed by atoms with van der Waals surface area (Å²) in [6, 6.07) is 4.90. The minimum absolute atomic E-state index is 0.136. The van der Waals surface area contributed by atoms with Crippen LogP contribution >= 0.6 is 0 Å². The van der Waals surface area contributed by atoms with Crippen molar-refractivity contribution in [3.63, 3.8) is 0 Å². The maximum atomic E-state index is 9.67. The molecule has 0 amide bonds. The van der Waals surface area contributed by atoms with Crippen LogP contribution in [0.25, 0.3) is 0 Å². The number of rotatable bonds is 5. The van der Waals surface area contributed by atoms with E-state index < -0.39 is 0 Å². The van der Waals surface area contributed by atoms with Gasteiger partial charge in [-0.2, -0.15) is 0 Å². The molecule has 1 aromatic carbocycles. The van der Waals surface area contributed by atoms with Crippen molar-refractivity contribution in [1.82, 2.24) is 4.90 Å². The van der Waals surface area contributed by atoms with Gasteiger partial charge in [-0.3, -0.25) is 0 Å². The van der Waals surface area contributed by atoms with Crippen LogP contribution in [0, 0.1) is 5.92 Å². The fourth-order valence-electron chi connectivity index (χ4n) is 3.25. The lowest BCUT2D eigenvalue weighted by molar-refractivity contribution is 0.395. The van der Waals surface area contributed by atoms with Crippen LogP contribution in [-0.4, -0.2) is 28.7 Å². The highest BCUT2D eigenvalue weighted by Crippen LogP contribution is 2.31. The number of aromatic hydroxyl groups is 2. The third kappa shape index (κ3) is 4.06. The highest BCUT2D eigenvalue weighted by molar-refractivity contribution is 5.38. The molecule has 1 heterocycles. The molecule has 0 fully saturated rings. The van der Waals surface area contributed by atoms with Crippen LogP contribution in [0.4, 0.5) is 0 Å². The summed E-state index contributed by atoms with van der Waals surface area (Å²) >= 11 is 0. The fourth-order valence-corrected chi connectivity index (χ4v) is 3.25. The number of phenolic OH excluding ortho intramolecular Hbond substituents is 2. The molecule has 2 rings (SSSR count). The molecule has 0 saturated carbocycles. The van der Waals surface area contributed by atoms with Gasteiger partial charge in [0.05, 0.1) is 0 Å². The van der Waals surface area contributed by atoms with Crippen molar-refractivity contribution in [2.75, 3.05) is 13.6 Å². The van der Waals surface area contributed by atoms with Gasteiger partial charge in [-0.15, -0.1) is 0 Å². The van der Waals surface area contributed by atoms with Gasteiger partial charge in [0, 0.05) is 25.4 Å². The Morgan fingerprint density at radius 1 is 1.23 bits per heavy atom. The van der Waals surface area contributed by atoms with Crippen LogP contribution in [0.2, 0.25) is 0 Å². The normalized spacial score (nSPS) is 18.4. The fraction of sp³-hybridized carbons (Fsp3) is 0.474. The second kappa shape index (κ2) is 7.39. The van der Waals surface area contributed by atoms with E-state index >= 15 is 0 Å². The van der Waals surface area contributed by atoms with Gasteiger partial charge in [0.15, 0.2) is 0 Å². The van der Waals surface area contributed by atoms with E-state index in [1.165, 1.54) is 17.3 Å². The first-order valence-corrected chi connectivity index (χ1v) is 8.13. The molecule has 3 nitrogen and oxygen atoms in total. The maximum Gasteiger partial charge on any atom is 0.119 e. The average Bonchev–Trinajstić information content (AvgIpc) is 2.46. The first-order chi connectivity index (χ1) is 10.5. The number of phenols is 2. The van der Waals surface area contributed by atoms with Crippen LogP contribution in [0.1, 0.15) is 38.7 Å². The minimum Gasteiger partial charge on any atom is -0.508 e. The van der Waals surface area contributed by atoms with Gasteiger partial charge in [-0.1, -0.05) is 25.0 Å². The van der Waals surface area contributed by atoms with Crippen LogP contribution in [0.15, 0.2) is 41.6 Å². The molecule has 1 atom stereocenters. The van der Waals surface area contributed by atoms with Gasteiger partial charge >= 0.3 is 0 Å². The molecule has 2 N–H and O–H groups in total. The molecule has 1 aromatic rings. The van der Waals surface area contributed by atoms with Crippen molar-refractivity contribution < 1.29 is 10.2 Å². The SMILES string of the molecule is CC=C1C=C(C(CCC)Cc2cc(O)cc(O)c2)CCN1C. The zero-order chi connectivity index (χ0) is 16.1. The lowest BCUT2D eigenvalue weighted by atomic mass is 9.84. The van der Waals surface area contributed by atoms with Crippen LogP contribution in [0.3, 0.4) is 0 Å². The summed E-state index contributed by atoms with van der Waals surface area (Å²) in [6.45, 7) is 5.34. The molecular formula is C19H27NO2. The molecule has 1 aliphatic rings. The van der Waals surface area contributed by atoms with E-state index in [1.54, 1.807) is 12.1 Å². The van der Waals surface area contributed by atoms with E-state index in [4.69, 9.17) is 0 Å². The Hall–Kier alpha value is -1.90. The molecule has 1 aliphatic heterocycles. The second-order valence-corrected chi connectivity index (χ2v) is 6.15. The number of hydrogen-bond donors (Lipinski definition) is 2. The largest absolute Gasteiger partial charge is 0.508 e. The molecule has 22 heavy (non-hydrogen) atoms. The van der Waals surface area contributed by atoms with Crippen molar-refractivity contribution in [1.29, 1.82) is 0 Å². The third-order valence-corrected chi connectivity index (χ3v) is 4.41. The molecule has 0 aromatic heterocycles. The smallest absolute Gasteiger partial charge is 0.119 e. The number of nitrogens with zero attached hydrogens (tertiary/aromatic N) is 1. The average molecular weight is 301 g/mol. The van der Waals surface area contributed by atoms with Gasteiger partial charge in [0.2, 0.25) is 0 Å². The lowest BCUT2D eigenvalue weighted by Gasteiger charge is -2.30. The third-order valence-electron chi connectivity index (χ3n) is 4.41. The maximum absolute atomic E-state index is 9.67. The predicted octanol–water partition coefficient (Wildman–Crippen LogP) is 4.22. The Kier molecular flexibility index (Phi) is 5.53. The zero-order valence-corrected chi connectivity index (χ0v) is 13.8. The Morgan fingerprint density at radius 2 is 1.91 bits per heavy atom. The second-order valence-electron chi connectivity index (χ2n) is 6.15. The quantitative estimate of drug-likeness (QED) is 0.855. The standard InChI is InChI=1S/C19H27NO2/c1-4-6-15(9-14-10-18(21)13-19(22)11-14)16-7-8-20(3)17(5-2)12-16/h5,10-13,15,21-22H,4,6-9H2,1-3H3. The predicted molar refractivity (Wildman–Crippen MR) is 91.0 cm³/mol. The molecule has 0 saturated heterocycles. The lowest BCUT2D eigenvalue weighted by Crippen LogP contribution is -2.25. The summed E-state index contributed by atoms with van der Waals surface area (Å²) in [5.74, 6) is 0.739. The summed E-state index contributed by atoms with van der Waals surface area (Å²) in [4.78, 5) is 2.28. The number of allylic oxidation sites excluding steroid dienone is 2. The highest BCUT2D eigenvalue weighted by atomic mass is 16.3. The molecule has 0 radical (unpaired) electrons. The van der Waals surface area contributed by atoms with Gasteiger partial charge in [0.1, 0.15) is 11.5 Å². The highest BCUT2D eigenvalue weighted by Gasteiger charge is 2.20. The molecular weight excluding hydrogens is 274 g/mol. The van der Waals surface area contributed by atoms with Crippen molar-refractivity contribution in [3.8, 4) is 11.5 Å². The van der Waals surface area contributed by atoms with Crippen molar-refractivity contribution in [2.45, 2.75) is 39.5 Å². The summed E-state index contributed by atoms with van der Waals surface area (Å²) in [6.07, 6.45) is 8.68. The van der Waals surface area contributed by atoms with Crippen LogP contribution < -0.4 is 0 Å². The number of benzene rings is 1. The van der Waals surface area contributed by atoms with Crippen molar-refractivity contribution >= 4 is 0 Å². The van der Waals surface area contributed by atoms with E-state index in [0.29, 0.717) is 5.92 Å². The first-order valence-electron chi connectivity index (χ1n) is 8.13. The molecule has 120 valence electrons. The van der Waals surface area contributed by atoms with Gasteiger partial charge < -0.3 is 15.1 Å². The van der Waals surface area contributed by atoms with Crippen molar-refractivity contribution in [2.24, 2.45) is 5.92 Å². The van der Waals surface area contributed by atoms with E-state index in [-0.39, 0.29) is 11.5 Å². The van der Waals surface area contributed by atoms with Crippen LogP contribution in [-0.2, 0) is 6.42 Å². The van der Waals surface area contributed by atoms with E-state index in [9.17, 15) is 10.2 Å². The van der Waals surface area contributed by atoms with Crippen LogP contribution in [0.5, 0.6) is 11.5 Å². The molecule has 3 heteroatoms. The Bertz CT molecular complexity index is 555. The Balaban J connectivity index is 2.23. The summed E-state index contributed by atoms with van der Waals surface area (Å²) in [7, 11) is 2.13. The van der Waals surface area contributed by atoms with Gasteiger partial charge in [-0.25, -0.2) is 0 Å². The first kappa shape index (κ1) is 16.5. The summed E-state index contributed by atoms with van der Waals surface area (Å²) in [5, 5.41) is 19.3. The Labute approximate surface area is 133 Å². The summed E-state index contributed by atoms with van der Waals surface area (Å²) in [5.41, 5.74) is 3.76. The number of likely N-dealkylation sites (N-methyl/N-ethyl adjacent to an activating group) is 1. The van der Waals surface area contributed by atoms with E-state index in [2.05, 4.69) is 37.9 Å². The van der Waals surface area contributed by atoms with Crippen molar-refractivity contribution in [3.05, 3.63) is 47.2 Å². The summed E-state index contributed by atoms with van der Waals surface area (Å²) < 4.78 is 0. The molecule has 0 aliphatic carbocycles. The molecule has 1 unspecified atom stereocenters. The topological polar surface area (TPSA) is 43.7 Å². The Morgan fingerprint density at radius 3 is 2.50 bits per heavy atom. The van der Waals surface area contributed by atoms with E-state index in [0.717, 1.165) is 37.8 Å². The molecule has 0 spiro atoms. The minimum atomic E-state index is 0.136. The number of hydrogen-bond acceptors (Lipinski definition) is 3. The van der Waals surface area contributed by atoms with Gasteiger partial charge in [-0.05, 0) is 55.9 Å². The molecule has 0 bridgehead atoms. The van der Waals surface area contributed by atoms with E-state index in [1.807, 2.05) is 0 Å². The van der Waals surface area contributed by atoms with Gasteiger partial charge in [0.25, 0.3) is 0 Å². The zero-order valence-electron chi connectivity index (χ0n) is 13.8. The monoisotopic (exact) mass is 301 g/mol.